The fraction of sp³-hybridized carbons (Fsp3) is 0.308. The average molecular weight is 251 g/mol. The van der Waals surface area contributed by atoms with Crippen LogP contribution in [0.1, 0.15) is 19.0 Å². The maximum atomic E-state index is 6.16. The molecule has 3 nitrogen and oxygen atoms in total. The fourth-order valence-corrected chi connectivity index (χ4v) is 1.95. The highest BCUT2D eigenvalue weighted by atomic mass is 35.5. The molecule has 0 atom stereocenters. The van der Waals surface area contributed by atoms with Crippen molar-refractivity contribution >= 4 is 11.6 Å². The van der Waals surface area contributed by atoms with Gasteiger partial charge in [-0.3, -0.25) is 0 Å². The summed E-state index contributed by atoms with van der Waals surface area (Å²) in [5, 5.41) is 5.11. The molecule has 2 aromatic rings. The minimum absolute atomic E-state index is 0.638. The van der Waals surface area contributed by atoms with E-state index in [9.17, 15) is 0 Å². The third-order valence-corrected chi connectivity index (χ3v) is 2.81. The summed E-state index contributed by atoms with van der Waals surface area (Å²) >= 11 is 6.16. The van der Waals surface area contributed by atoms with Gasteiger partial charge in [-0.2, -0.15) is 5.10 Å². The van der Waals surface area contributed by atoms with Crippen molar-refractivity contribution in [3.05, 3.63) is 41.2 Å². The summed E-state index contributed by atoms with van der Waals surface area (Å²) in [7, 11) is 1.65. The minimum Gasteiger partial charge on any atom is -0.497 e. The number of hydrogen-bond donors (Lipinski definition) is 0. The molecule has 0 saturated heterocycles. The zero-order valence-electron chi connectivity index (χ0n) is 9.98. The maximum absolute atomic E-state index is 6.16. The van der Waals surface area contributed by atoms with E-state index in [-0.39, 0.29) is 0 Å². The van der Waals surface area contributed by atoms with Crippen LogP contribution in [0.5, 0.6) is 5.75 Å². The van der Waals surface area contributed by atoms with Gasteiger partial charge in [0.1, 0.15) is 10.9 Å². The summed E-state index contributed by atoms with van der Waals surface area (Å²) < 4.78 is 6.86. The van der Waals surface area contributed by atoms with Gasteiger partial charge in [-0.1, -0.05) is 24.9 Å². The monoisotopic (exact) mass is 250 g/mol. The van der Waals surface area contributed by atoms with E-state index < -0.39 is 0 Å². The Morgan fingerprint density at radius 1 is 1.29 bits per heavy atom. The van der Waals surface area contributed by atoms with E-state index in [1.165, 1.54) is 0 Å². The first-order valence-electron chi connectivity index (χ1n) is 5.63. The van der Waals surface area contributed by atoms with Gasteiger partial charge in [0.25, 0.3) is 0 Å². The van der Waals surface area contributed by atoms with Crippen LogP contribution in [-0.2, 0) is 6.42 Å². The molecule has 1 heterocycles. The second kappa shape index (κ2) is 5.23. The van der Waals surface area contributed by atoms with Crippen LogP contribution in [-0.4, -0.2) is 16.9 Å². The first-order chi connectivity index (χ1) is 8.24. The Balaban J connectivity index is 2.31. The zero-order valence-corrected chi connectivity index (χ0v) is 10.7. The van der Waals surface area contributed by atoms with Gasteiger partial charge < -0.3 is 4.74 Å². The van der Waals surface area contributed by atoms with Crippen LogP contribution < -0.4 is 4.74 Å². The van der Waals surface area contributed by atoms with Crippen molar-refractivity contribution in [3.8, 4) is 11.4 Å². The molecule has 0 aliphatic rings. The van der Waals surface area contributed by atoms with Crippen molar-refractivity contribution in [1.29, 1.82) is 0 Å². The molecule has 0 spiro atoms. The largest absolute Gasteiger partial charge is 0.497 e. The Morgan fingerprint density at radius 3 is 2.59 bits per heavy atom. The summed E-state index contributed by atoms with van der Waals surface area (Å²) in [5.41, 5.74) is 1.96. The van der Waals surface area contributed by atoms with Crippen LogP contribution in [0, 0.1) is 0 Å². The molecular formula is C13H15ClN2O. The standard InChI is InChI=1S/C13H15ClN2O/c1-3-4-10-9-13(14)16(15-10)11-5-7-12(17-2)8-6-11/h5-9H,3-4H2,1-2H3. The van der Waals surface area contributed by atoms with E-state index in [2.05, 4.69) is 12.0 Å². The Morgan fingerprint density at radius 2 is 2.00 bits per heavy atom. The van der Waals surface area contributed by atoms with Gasteiger partial charge >= 0.3 is 0 Å². The lowest BCUT2D eigenvalue weighted by atomic mass is 10.3. The van der Waals surface area contributed by atoms with Crippen LogP contribution in [0.2, 0.25) is 5.15 Å². The van der Waals surface area contributed by atoms with Crippen molar-refractivity contribution in [3.63, 3.8) is 0 Å². The van der Waals surface area contributed by atoms with Gasteiger partial charge in [0.2, 0.25) is 0 Å². The SMILES string of the molecule is CCCc1cc(Cl)n(-c2ccc(OC)cc2)n1. The molecule has 1 aromatic carbocycles. The van der Waals surface area contributed by atoms with Crippen molar-refractivity contribution < 1.29 is 4.74 Å². The molecule has 1 aromatic heterocycles. The molecule has 0 aliphatic carbocycles. The molecule has 0 unspecified atom stereocenters. The summed E-state index contributed by atoms with van der Waals surface area (Å²) in [6, 6.07) is 9.58. The molecule has 0 amide bonds. The Labute approximate surface area is 106 Å². The number of benzene rings is 1. The van der Waals surface area contributed by atoms with Gasteiger partial charge in [0, 0.05) is 0 Å². The third-order valence-electron chi connectivity index (χ3n) is 2.54. The molecule has 0 radical (unpaired) electrons. The van der Waals surface area contributed by atoms with Gasteiger partial charge in [-0.15, -0.1) is 0 Å². The summed E-state index contributed by atoms with van der Waals surface area (Å²) in [4.78, 5) is 0. The molecule has 2 rings (SSSR count). The summed E-state index contributed by atoms with van der Waals surface area (Å²) in [6.45, 7) is 2.13. The van der Waals surface area contributed by atoms with E-state index in [0.29, 0.717) is 5.15 Å². The average Bonchev–Trinajstić information content (AvgIpc) is 2.71. The Bertz CT molecular complexity index is 491. The van der Waals surface area contributed by atoms with Crippen molar-refractivity contribution in [1.82, 2.24) is 9.78 Å². The molecule has 0 fully saturated rings. The summed E-state index contributed by atoms with van der Waals surface area (Å²) in [5.74, 6) is 0.825. The lowest BCUT2D eigenvalue weighted by molar-refractivity contribution is 0.414. The molecular weight excluding hydrogens is 236 g/mol. The Kier molecular flexibility index (Phi) is 3.69. The van der Waals surface area contributed by atoms with Gasteiger partial charge in [0.15, 0.2) is 0 Å². The van der Waals surface area contributed by atoms with E-state index in [4.69, 9.17) is 16.3 Å². The van der Waals surface area contributed by atoms with Crippen LogP contribution >= 0.6 is 11.6 Å². The van der Waals surface area contributed by atoms with Crippen LogP contribution in [0.15, 0.2) is 30.3 Å². The summed E-state index contributed by atoms with van der Waals surface area (Å²) in [6.07, 6.45) is 2.01. The predicted molar refractivity (Wildman–Crippen MR) is 69.1 cm³/mol. The predicted octanol–water partition coefficient (Wildman–Crippen LogP) is 3.49. The third kappa shape index (κ3) is 2.61. The quantitative estimate of drug-likeness (QED) is 0.831. The first-order valence-corrected chi connectivity index (χ1v) is 6.01. The smallest absolute Gasteiger partial charge is 0.133 e. The highest BCUT2D eigenvalue weighted by Crippen LogP contribution is 2.20. The van der Waals surface area contributed by atoms with Crippen molar-refractivity contribution in [2.75, 3.05) is 7.11 Å². The molecule has 4 heteroatoms. The normalized spacial score (nSPS) is 10.5. The fourth-order valence-electron chi connectivity index (χ4n) is 1.69. The second-order valence-corrected chi connectivity index (χ2v) is 4.21. The second-order valence-electron chi connectivity index (χ2n) is 3.82. The number of aryl methyl sites for hydroxylation is 1. The number of nitrogens with zero attached hydrogens (tertiary/aromatic N) is 2. The molecule has 0 bridgehead atoms. The molecule has 0 saturated carbocycles. The number of ether oxygens (including phenoxy) is 1. The molecule has 0 aliphatic heterocycles. The first kappa shape index (κ1) is 12.0. The van der Waals surface area contributed by atoms with Crippen LogP contribution in [0.25, 0.3) is 5.69 Å². The maximum Gasteiger partial charge on any atom is 0.133 e. The van der Waals surface area contributed by atoms with Gasteiger partial charge in [-0.25, -0.2) is 4.68 Å². The number of rotatable bonds is 4. The molecule has 90 valence electrons. The van der Waals surface area contributed by atoms with Crippen LogP contribution in [0.3, 0.4) is 0 Å². The van der Waals surface area contributed by atoms with E-state index in [1.807, 2.05) is 30.3 Å². The molecule has 17 heavy (non-hydrogen) atoms. The zero-order chi connectivity index (χ0) is 12.3. The van der Waals surface area contributed by atoms with Crippen LogP contribution in [0.4, 0.5) is 0 Å². The van der Waals surface area contributed by atoms with E-state index in [1.54, 1.807) is 11.8 Å². The number of aromatic nitrogens is 2. The lowest BCUT2D eigenvalue weighted by Gasteiger charge is -2.04. The van der Waals surface area contributed by atoms with Crippen molar-refractivity contribution in [2.24, 2.45) is 0 Å². The topological polar surface area (TPSA) is 27.1 Å². The highest BCUT2D eigenvalue weighted by molar-refractivity contribution is 6.29. The van der Waals surface area contributed by atoms with E-state index in [0.717, 1.165) is 30.0 Å². The number of hydrogen-bond acceptors (Lipinski definition) is 2. The van der Waals surface area contributed by atoms with Gasteiger partial charge in [0.05, 0.1) is 18.5 Å². The highest BCUT2D eigenvalue weighted by Gasteiger charge is 2.07. The lowest BCUT2D eigenvalue weighted by Crippen LogP contribution is -1.97. The minimum atomic E-state index is 0.638. The molecule has 0 N–H and O–H groups in total. The number of methoxy groups -OCH3 is 1. The van der Waals surface area contributed by atoms with E-state index >= 15 is 0 Å². The Hall–Kier alpha value is -1.48. The van der Waals surface area contributed by atoms with Gasteiger partial charge in [-0.05, 0) is 36.8 Å². The van der Waals surface area contributed by atoms with Crippen molar-refractivity contribution in [2.45, 2.75) is 19.8 Å². The number of halogens is 1.